The van der Waals surface area contributed by atoms with Gasteiger partial charge in [0.1, 0.15) is 5.75 Å². The minimum absolute atomic E-state index is 0.151. The average Bonchev–Trinajstić information content (AvgIpc) is 2.50. The summed E-state index contributed by atoms with van der Waals surface area (Å²) in [5, 5.41) is 4.22. The van der Waals surface area contributed by atoms with Crippen molar-refractivity contribution in [1.82, 2.24) is 9.78 Å². The molecule has 1 aromatic carbocycles. The topological polar surface area (TPSA) is 73.4 Å². The van der Waals surface area contributed by atoms with E-state index in [1.165, 1.54) is 4.68 Å². The molecule has 2 rings (SSSR count). The third-order valence-electron chi connectivity index (χ3n) is 3.27. The summed E-state index contributed by atoms with van der Waals surface area (Å²) in [6.07, 6.45) is 1.67. The van der Waals surface area contributed by atoms with E-state index in [4.69, 9.17) is 10.5 Å². The Morgan fingerprint density at radius 3 is 2.81 bits per heavy atom. The van der Waals surface area contributed by atoms with E-state index in [1.807, 2.05) is 36.2 Å². The number of aromatic nitrogens is 2. The van der Waals surface area contributed by atoms with E-state index in [1.54, 1.807) is 19.4 Å². The van der Waals surface area contributed by atoms with Gasteiger partial charge in [0.2, 0.25) is 0 Å². The maximum absolute atomic E-state index is 12.2. The molecule has 0 amide bonds. The van der Waals surface area contributed by atoms with Crippen molar-refractivity contribution in [2.75, 3.05) is 32.1 Å². The second-order valence-electron chi connectivity index (χ2n) is 4.73. The Morgan fingerprint density at radius 1 is 1.38 bits per heavy atom. The lowest BCUT2D eigenvalue weighted by Gasteiger charge is -2.18. The smallest absolute Gasteiger partial charge is 0.269 e. The molecule has 0 spiro atoms. The third kappa shape index (κ3) is 3.61. The van der Waals surface area contributed by atoms with Gasteiger partial charge in [0.25, 0.3) is 5.56 Å². The molecule has 6 heteroatoms. The lowest BCUT2D eigenvalue weighted by molar-refractivity contribution is 0.406. The summed E-state index contributed by atoms with van der Waals surface area (Å²) in [5.41, 5.74) is 7.04. The largest absolute Gasteiger partial charge is 0.496 e. The van der Waals surface area contributed by atoms with E-state index >= 15 is 0 Å². The molecule has 6 nitrogen and oxygen atoms in total. The Morgan fingerprint density at radius 2 is 2.14 bits per heavy atom. The van der Waals surface area contributed by atoms with E-state index in [9.17, 15) is 4.79 Å². The van der Waals surface area contributed by atoms with Crippen molar-refractivity contribution in [2.24, 2.45) is 5.73 Å². The van der Waals surface area contributed by atoms with Gasteiger partial charge < -0.3 is 15.4 Å². The van der Waals surface area contributed by atoms with Crippen LogP contribution in [0.5, 0.6) is 5.75 Å². The zero-order valence-corrected chi connectivity index (χ0v) is 12.3. The molecule has 0 radical (unpaired) electrons. The molecule has 21 heavy (non-hydrogen) atoms. The van der Waals surface area contributed by atoms with Gasteiger partial charge in [-0.3, -0.25) is 4.79 Å². The molecule has 2 aromatic rings. The summed E-state index contributed by atoms with van der Waals surface area (Å²) < 4.78 is 6.70. The highest BCUT2D eigenvalue weighted by Crippen LogP contribution is 2.17. The van der Waals surface area contributed by atoms with Gasteiger partial charge in [-0.15, -0.1) is 0 Å². The van der Waals surface area contributed by atoms with Crippen molar-refractivity contribution < 1.29 is 4.74 Å². The molecule has 0 aliphatic rings. The number of anilines is 1. The van der Waals surface area contributed by atoms with Crippen LogP contribution in [0.25, 0.3) is 0 Å². The Bertz CT molecular complexity index is 654. The van der Waals surface area contributed by atoms with E-state index in [0.29, 0.717) is 19.6 Å². The first-order valence-corrected chi connectivity index (χ1v) is 6.76. The van der Waals surface area contributed by atoms with Crippen LogP contribution >= 0.6 is 0 Å². The van der Waals surface area contributed by atoms with Crippen LogP contribution in [-0.4, -0.2) is 37.0 Å². The highest BCUT2D eigenvalue weighted by molar-refractivity contribution is 5.42. The lowest BCUT2D eigenvalue weighted by atomic mass is 10.2. The summed E-state index contributed by atoms with van der Waals surface area (Å²) >= 11 is 0. The number of ether oxygens (including phenoxy) is 1. The van der Waals surface area contributed by atoms with Gasteiger partial charge in [-0.1, -0.05) is 18.2 Å². The van der Waals surface area contributed by atoms with Gasteiger partial charge in [0.15, 0.2) is 0 Å². The van der Waals surface area contributed by atoms with E-state index in [0.717, 1.165) is 17.0 Å². The number of nitrogens with two attached hydrogens (primary N) is 1. The highest BCUT2D eigenvalue weighted by atomic mass is 16.5. The van der Waals surface area contributed by atoms with Gasteiger partial charge in [0.05, 0.1) is 25.5 Å². The van der Waals surface area contributed by atoms with E-state index < -0.39 is 0 Å². The van der Waals surface area contributed by atoms with Gasteiger partial charge in [0, 0.05) is 31.8 Å². The first-order valence-electron chi connectivity index (χ1n) is 6.76. The Kier molecular flexibility index (Phi) is 4.94. The van der Waals surface area contributed by atoms with Crippen LogP contribution in [0.3, 0.4) is 0 Å². The second kappa shape index (κ2) is 6.90. The number of rotatable bonds is 6. The molecule has 0 saturated carbocycles. The normalized spacial score (nSPS) is 10.4. The number of methoxy groups -OCH3 is 1. The third-order valence-corrected chi connectivity index (χ3v) is 3.27. The fourth-order valence-corrected chi connectivity index (χ4v) is 2.07. The summed E-state index contributed by atoms with van der Waals surface area (Å²) in [6.45, 7) is 1.59. The Hall–Kier alpha value is -2.34. The SMILES string of the molecule is COc1ccccc1Cn1ncc(N(C)CCN)cc1=O. The number of benzene rings is 1. The number of likely N-dealkylation sites (N-methyl/N-ethyl adjacent to an activating group) is 1. The van der Waals surface area contributed by atoms with Crippen LogP contribution in [0.4, 0.5) is 5.69 Å². The molecule has 0 atom stereocenters. The zero-order chi connectivity index (χ0) is 15.2. The van der Waals surface area contributed by atoms with Crippen LogP contribution in [0.2, 0.25) is 0 Å². The van der Waals surface area contributed by atoms with Crippen molar-refractivity contribution in [3.63, 3.8) is 0 Å². The first-order chi connectivity index (χ1) is 10.2. The highest BCUT2D eigenvalue weighted by Gasteiger charge is 2.07. The van der Waals surface area contributed by atoms with Gasteiger partial charge in [-0.2, -0.15) is 5.10 Å². The standard InChI is InChI=1S/C15H20N4O2/c1-18(8-7-16)13-9-15(20)19(17-10-13)11-12-5-3-4-6-14(12)21-2/h3-6,9-10H,7-8,11,16H2,1-2H3. The predicted molar refractivity (Wildman–Crippen MR) is 82.9 cm³/mol. The minimum Gasteiger partial charge on any atom is -0.496 e. The Labute approximate surface area is 123 Å². The second-order valence-corrected chi connectivity index (χ2v) is 4.73. The van der Waals surface area contributed by atoms with E-state index in [-0.39, 0.29) is 5.56 Å². The molecule has 0 fully saturated rings. The van der Waals surface area contributed by atoms with Gasteiger partial charge in [-0.25, -0.2) is 4.68 Å². The van der Waals surface area contributed by atoms with E-state index in [2.05, 4.69) is 5.10 Å². The van der Waals surface area contributed by atoms with Crippen molar-refractivity contribution in [2.45, 2.75) is 6.54 Å². The van der Waals surface area contributed by atoms with Crippen LogP contribution in [0.1, 0.15) is 5.56 Å². The van der Waals surface area contributed by atoms with Crippen LogP contribution in [0, 0.1) is 0 Å². The van der Waals surface area contributed by atoms with Crippen molar-refractivity contribution in [1.29, 1.82) is 0 Å². The average molecular weight is 288 g/mol. The molecule has 2 N–H and O–H groups in total. The maximum Gasteiger partial charge on any atom is 0.269 e. The summed E-state index contributed by atoms with van der Waals surface area (Å²) in [4.78, 5) is 14.1. The molecule has 0 bridgehead atoms. The summed E-state index contributed by atoms with van der Waals surface area (Å²) in [6, 6.07) is 9.15. The van der Waals surface area contributed by atoms with Crippen LogP contribution in [0.15, 0.2) is 41.3 Å². The first kappa shape index (κ1) is 15.1. The molecular weight excluding hydrogens is 268 g/mol. The molecule has 0 aliphatic heterocycles. The number of para-hydroxylation sites is 1. The zero-order valence-electron chi connectivity index (χ0n) is 12.3. The quantitative estimate of drug-likeness (QED) is 0.847. The predicted octanol–water partition coefficient (Wildman–Crippen LogP) is 0.695. The summed E-state index contributed by atoms with van der Waals surface area (Å²) in [7, 11) is 3.49. The van der Waals surface area contributed by atoms with Crippen molar-refractivity contribution in [3.05, 3.63) is 52.4 Å². The molecule has 0 saturated heterocycles. The number of nitrogens with zero attached hydrogens (tertiary/aromatic N) is 3. The van der Waals surface area contributed by atoms with Crippen molar-refractivity contribution >= 4 is 5.69 Å². The maximum atomic E-state index is 12.2. The summed E-state index contributed by atoms with van der Waals surface area (Å²) in [5.74, 6) is 0.746. The molecule has 0 aliphatic carbocycles. The molecule has 112 valence electrons. The van der Waals surface area contributed by atoms with Crippen molar-refractivity contribution in [3.8, 4) is 5.75 Å². The minimum atomic E-state index is -0.151. The Balaban J connectivity index is 2.24. The number of hydrogen-bond donors (Lipinski definition) is 1. The fraction of sp³-hybridized carbons (Fsp3) is 0.333. The van der Waals surface area contributed by atoms with Gasteiger partial charge in [-0.05, 0) is 6.07 Å². The molecule has 0 unspecified atom stereocenters. The molecule has 1 aromatic heterocycles. The van der Waals surface area contributed by atoms with Crippen LogP contribution in [-0.2, 0) is 6.54 Å². The fourth-order valence-electron chi connectivity index (χ4n) is 2.07. The number of hydrogen-bond acceptors (Lipinski definition) is 5. The van der Waals surface area contributed by atoms with Gasteiger partial charge >= 0.3 is 0 Å². The lowest BCUT2D eigenvalue weighted by Crippen LogP contribution is -2.29. The van der Waals surface area contributed by atoms with Crippen LogP contribution < -0.4 is 20.9 Å². The molecule has 1 heterocycles. The monoisotopic (exact) mass is 288 g/mol. The molecular formula is C15H20N4O2.